The molecule has 0 aromatic heterocycles. The molecule has 9 nitrogen and oxygen atoms in total. The molecule has 0 bridgehead atoms. The Bertz CT molecular complexity index is 378. The van der Waals surface area contributed by atoms with E-state index in [-0.39, 0.29) is 94.3 Å². The molecule has 0 aromatic carbocycles. The summed E-state index contributed by atoms with van der Waals surface area (Å²) < 4.78 is 48.2. The van der Waals surface area contributed by atoms with E-state index < -0.39 is 63.0 Å². The molecule has 213 valence electrons. The second-order valence-corrected chi connectivity index (χ2v) is 23.5. The fraction of sp³-hybridized carbons (Fsp3) is 1.00. The van der Waals surface area contributed by atoms with E-state index >= 15 is 0 Å². The van der Waals surface area contributed by atoms with Gasteiger partial charge in [0.2, 0.25) is 0 Å². The van der Waals surface area contributed by atoms with Crippen molar-refractivity contribution in [3.05, 3.63) is 0 Å². The van der Waals surface area contributed by atoms with Gasteiger partial charge in [0, 0.05) is 77.5 Å². The molecule has 0 heterocycles. The zero-order valence-electron chi connectivity index (χ0n) is 25.8. The summed E-state index contributed by atoms with van der Waals surface area (Å²) in [6.07, 6.45) is 0. The first-order chi connectivity index (χ1) is 15.0. The zero-order chi connectivity index (χ0) is 26.7. The Kier molecular flexibility index (Phi) is 46.0. The van der Waals surface area contributed by atoms with Crippen LogP contribution in [0, 0.1) is 0 Å². The normalized spacial score (nSPS) is 11.5. The van der Waals surface area contributed by atoms with E-state index in [4.69, 9.17) is 27.7 Å². The second-order valence-electron chi connectivity index (χ2n) is 9.63. The minimum atomic E-state index is -2.86. The summed E-state index contributed by atoms with van der Waals surface area (Å²) in [6, 6.07) is 0. The predicted octanol–water partition coefficient (Wildman–Crippen LogP) is 2.46. The van der Waals surface area contributed by atoms with Crippen molar-refractivity contribution in [1.29, 1.82) is 0 Å². The molecule has 0 amide bonds. The van der Waals surface area contributed by atoms with Gasteiger partial charge in [-0.1, -0.05) is 0 Å². The molecule has 36 heavy (non-hydrogen) atoms. The molecule has 0 aliphatic heterocycles. The molecular formula is C21H54In3O9Sn3. The third-order valence-corrected chi connectivity index (χ3v) is 19.0. The van der Waals surface area contributed by atoms with Gasteiger partial charge in [-0.25, -0.2) is 0 Å². The van der Waals surface area contributed by atoms with Crippen molar-refractivity contribution in [3.63, 3.8) is 0 Å². The van der Waals surface area contributed by atoms with Crippen LogP contribution in [-0.2, 0) is 27.7 Å². The van der Waals surface area contributed by atoms with Gasteiger partial charge in [-0.15, -0.1) is 0 Å². The summed E-state index contributed by atoms with van der Waals surface area (Å²) in [5.74, 6) is 0. The first-order valence-electron chi connectivity index (χ1n) is 11.4. The van der Waals surface area contributed by atoms with Crippen molar-refractivity contribution in [2.45, 2.75) is 99.9 Å². The Morgan fingerprint density at radius 3 is 0.750 bits per heavy atom. The average molecular weight is 1150 g/mol. The van der Waals surface area contributed by atoms with Gasteiger partial charge >= 0.3 is 232 Å². The average Bonchev–Trinajstić information content (AvgIpc) is 2.60. The van der Waals surface area contributed by atoms with Crippen LogP contribution in [0.1, 0.15) is 83.1 Å². The first kappa shape index (κ1) is 53.2. The number of rotatable bonds is 12. The summed E-state index contributed by atoms with van der Waals surface area (Å²) in [5, 5.41) is 0. The van der Waals surface area contributed by atoms with Crippen LogP contribution in [0.2, 0.25) is 0 Å². The SMILES string of the molecule is CC(C)(C)[O][SnH]([O]C(C)(C)C)[O]C(C)(C)C.CC[O][SnH]([O]CC)[O]CC.C[O][SnH]([O]C)[O]C.[In].[In].[In]. The number of hydrogen-bond donors (Lipinski definition) is 0. The van der Waals surface area contributed by atoms with E-state index in [0.29, 0.717) is 19.8 Å². The van der Waals surface area contributed by atoms with Crippen LogP contribution in [0.25, 0.3) is 0 Å². The van der Waals surface area contributed by atoms with E-state index in [1.165, 1.54) is 0 Å². The predicted molar refractivity (Wildman–Crippen MR) is 157 cm³/mol. The summed E-state index contributed by atoms with van der Waals surface area (Å²) in [5.41, 5.74) is -0.592. The topological polar surface area (TPSA) is 83.1 Å². The molecule has 0 atom stereocenters. The van der Waals surface area contributed by atoms with Crippen LogP contribution < -0.4 is 0 Å². The Morgan fingerprint density at radius 1 is 0.417 bits per heavy atom. The van der Waals surface area contributed by atoms with Gasteiger partial charge in [0.15, 0.2) is 0 Å². The van der Waals surface area contributed by atoms with E-state index in [1.54, 1.807) is 21.3 Å². The van der Waals surface area contributed by atoms with Crippen molar-refractivity contribution in [2.75, 3.05) is 41.2 Å². The van der Waals surface area contributed by atoms with Crippen molar-refractivity contribution in [1.82, 2.24) is 0 Å². The molecule has 0 N–H and O–H groups in total. The molecule has 0 unspecified atom stereocenters. The van der Waals surface area contributed by atoms with Gasteiger partial charge in [0.25, 0.3) is 0 Å². The van der Waals surface area contributed by atoms with Crippen LogP contribution in [0.3, 0.4) is 0 Å². The van der Waals surface area contributed by atoms with Gasteiger partial charge in [0.05, 0.1) is 0 Å². The fourth-order valence-corrected chi connectivity index (χ4v) is 11.9. The van der Waals surface area contributed by atoms with Gasteiger partial charge in [-0.05, 0) is 0 Å². The molecule has 0 saturated carbocycles. The van der Waals surface area contributed by atoms with Crippen LogP contribution >= 0.6 is 0 Å². The Balaban J connectivity index is -0.0000000977. The minimum absolute atomic E-state index is 0. The standard InChI is InChI=1S/3C4H9O.3C2H5O.3CH3O.3In.3Sn.3H/c3*1-4(2,3)5;3*1-2-3;3*1-2;;;;;;;;;/h3*1-3H3;3*2H2,1H3;3*1H3;;;;;;;;;/q9*-1;;;;3*+3;;;. The van der Waals surface area contributed by atoms with Gasteiger partial charge < -0.3 is 0 Å². The third kappa shape index (κ3) is 45.6. The van der Waals surface area contributed by atoms with E-state index in [9.17, 15) is 0 Å². The summed E-state index contributed by atoms with van der Waals surface area (Å²) in [6.45, 7) is 26.3. The first-order valence-corrected chi connectivity index (χ1v) is 23.6. The molecule has 0 aliphatic rings. The summed E-state index contributed by atoms with van der Waals surface area (Å²) in [7, 11) is 4.81. The monoisotopic (exact) mass is 1150 g/mol. The Morgan fingerprint density at radius 2 is 0.639 bits per heavy atom. The second kappa shape index (κ2) is 31.1. The maximum atomic E-state index is 5.96. The maximum absolute atomic E-state index is 5.96. The molecule has 15 heteroatoms. The maximum Gasteiger partial charge on any atom is 0 e. The third-order valence-electron chi connectivity index (χ3n) is 2.83. The van der Waals surface area contributed by atoms with E-state index in [2.05, 4.69) is 0 Å². The van der Waals surface area contributed by atoms with E-state index in [1.807, 2.05) is 83.1 Å². The summed E-state index contributed by atoms with van der Waals surface area (Å²) in [4.78, 5) is 0. The zero-order valence-corrected chi connectivity index (χ0v) is 45.5. The molecule has 9 radical (unpaired) electrons. The Labute approximate surface area is 304 Å². The number of hydrogen-bond acceptors (Lipinski definition) is 9. The van der Waals surface area contributed by atoms with Crippen LogP contribution in [0.4, 0.5) is 0 Å². The smallest absolute Gasteiger partial charge is 0 e. The molecule has 0 aromatic rings. The molecular weight excluding hydrogens is 1100 g/mol. The van der Waals surface area contributed by atoms with E-state index in [0.717, 1.165) is 0 Å². The summed E-state index contributed by atoms with van der Waals surface area (Å²) >= 11 is -7.51. The van der Waals surface area contributed by atoms with Crippen LogP contribution in [0.5, 0.6) is 0 Å². The van der Waals surface area contributed by atoms with Gasteiger partial charge in [-0.2, -0.15) is 0 Å². The molecule has 0 aliphatic carbocycles. The molecule has 0 fully saturated rings. The largest absolute Gasteiger partial charge is 0 e. The van der Waals surface area contributed by atoms with Gasteiger partial charge in [-0.3, -0.25) is 0 Å². The fourth-order valence-electron chi connectivity index (χ4n) is 1.78. The quantitative estimate of drug-likeness (QED) is 0.274. The Hall–Kier alpha value is 4.65. The van der Waals surface area contributed by atoms with Crippen molar-refractivity contribution < 1.29 is 27.7 Å². The molecule has 0 spiro atoms. The minimum Gasteiger partial charge on any atom is 0 e. The van der Waals surface area contributed by atoms with Gasteiger partial charge in [0.1, 0.15) is 0 Å². The molecule has 0 rings (SSSR count). The van der Waals surface area contributed by atoms with Crippen molar-refractivity contribution >= 4 is 141 Å². The van der Waals surface area contributed by atoms with Crippen LogP contribution in [-0.4, -0.2) is 198 Å². The van der Waals surface area contributed by atoms with Crippen LogP contribution in [0.15, 0.2) is 0 Å². The van der Waals surface area contributed by atoms with Crippen molar-refractivity contribution in [3.8, 4) is 0 Å². The molecule has 0 saturated heterocycles. The van der Waals surface area contributed by atoms with Crippen molar-refractivity contribution in [2.24, 2.45) is 0 Å².